The lowest BCUT2D eigenvalue weighted by atomic mass is 9.99. The number of thioether (sulfide) groups is 1. The van der Waals surface area contributed by atoms with Crippen molar-refractivity contribution >= 4 is 29.3 Å². The summed E-state index contributed by atoms with van der Waals surface area (Å²) in [4.78, 5) is 16.3. The van der Waals surface area contributed by atoms with Gasteiger partial charge < -0.3 is 9.64 Å². The molecule has 3 nitrogen and oxygen atoms in total. The first kappa shape index (κ1) is 19.3. The number of carbonyl (C=O) groups excluding carboxylic acids is 1. The lowest BCUT2D eigenvalue weighted by molar-refractivity contribution is 0.0446. The van der Waals surface area contributed by atoms with E-state index in [4.69, 9.17) is 16.3 Å². The molecule has 0 saturated carbocycles. The summed E-state index contributed by atoms with van der Waals surface area (Å²) in [6.45, 7) is 2.88. The van der Waals surface area contributed by atoms with Gasteiger partial charge in [-0.05, 0) is 48.8 Å². The summed E-state index contributed by atoms with van der Waals surface area (Å²) < 4.78 is 5.47. The fraction of sp³-hybridized carbons (Fsp3) is 0.381. The number of nitrogens with zero attached hydrogens (tertiary/aromatic N) is 1. The Morgan fingerprint density at radius 1 is 1.19 bits per heavy atom. The number of carbonyl (C=O) groups is 1. The summed E-state index contributed by atoms with van der Waals surface area (Å²) in [6.07, 6.45) is 4.00. The van der Waals surface area contributed by atoms with Gasteiger partial charge in [-0.2, -0.15) is 0 Å². The Bertz CT molecular complexity index is 732. The van der Waals surface area contributed by atoms with Crippen LogP contribution in [-0.4, -0.2) is 36.8 Å². The molecule has 0 bridgehead atoms. The second-order valence-corrected chi connectivity index (χ2v) is 7.86. The van der Waals surface area contributed by atoms with Crippen LogP contribution in [0.15, 0.2) is 53.4 Å². The van der Waals surface area contributed by atoms with Crippen molar-refractivity contribution in [3.8, 4) is 0 Å². The van der Waals surface area contributed by atoms with Crippen LogP contribution in [0.25, 0.3) is 0 Å². The number of rotatable bonds is 6. The third kappa shape index (κ3) is 5.03. The van der Waals surface area contributed by atoms with Gasteiger partial charge in [0.25, 0.3) is 5.91 Å². The molecule has 0 spiro atoms. The third-order valence-corrected chi connectivity index (χ3v) is 5.78. The van der Waals surface area contributed by atoms with Crippen LogP contribution >= 0.6 is 23.4 Å². The molecule has 1 heterocycles. The minimum absolute atomic E-state index is 0.00115. The Kier molecular flexibility index (Phi) is 7.00. The summed E-state index contributed by atoms with van der Waals surface area (Å²) in [6, 6.07) is 15.8. The summed E-state index contributed by atoms with van der Waals surface area (Å²) >= 11 is 7.98. The highest BCUT2D eigenvalue weighted by Crippen LogP contribution is 2.26. The van der Waals surface area contributed by atoms with Gasteiger partial charge in [-0.15, -0.1) is 11.8 Å². The second-order valence-electron chi connectivity index (χ2n) is 6.57. The van der Waals surface area contributed by atoms with Crippen LogP contribution in [0.4, 0.5) is 0 Å². The molecule has 26 heavy (non-hydrogen) atoms. The maximum atomic E-state index is 13.3. The molecule has 0 unspecified atom stereocenters. The van der Waals surface area contributed by atoms with Crippen LogP contribution in [0.3, 0.4) is 0 Å². The van der Waals surface area contributed by atoms with Gasteiger partial charge in [-0.1, -0.05) is 41.9 Å². The van der Waals surface area contributed by atoms with Crippen molar-refractivity contribution in [3.05, 3.63) is 64.7 Å². The van der Waals surface area contributed by atoms with Crippen molar-refractivity contribution in [1.29, 1.82) is 0 Å². The third-order valence-electron chi connectivity index (χ3n) is 4.73. The van der Waals surface area contributed by atoms with Gasteiger partial charge >= 0.3 is 0 Å². The fourth-order valence-electron chi connectivity index (χ4n) is 3.23. The number of hydrogen-bond donors (Lipinski definition) is 0. The van der Waals surface area contributed by atoms with E-state index in [1.165, 1.54) is 0 Å². The van der Waals surface area contributed by atoms with E-state index in [1.807, 2.05) is 47.6 Å². The molecule has 1 amide bonds. The minimum atomic E-state index is 0.00115. The van der Waals surface area contributed by atoms with Gasteiger partial charge in [0.15, 0.2) is 0 Å². The van der Waals surface area contributed by atoms with Crippen molar-refractivity contribution in [3.63, 3.8) is 0 Å². The number of amides is 1. The van der Waals surface area contributed by atoms with Crippen molar-refractivity contribution in [1.82, 2.24) is 4.90 Å². The molecule has 0 N–H and O–H groups in total. The van der Waals surface area contributed by atoms with Gasteiger partial charge in [-0.3, -0.25) is 4.79 Å². The molecule has 1 saturated heterocycles. The van der Waals surface area contributed by atoms with Crippen molar-refractivity contribution in [2.75, 3.05) is 26.0 Å². The van der Waals surface area contributed by atoms with Crippen molar-refractivity contribution < 1.29 is 9.53 Å². The molecule has 0 aliphatic carbocycles. The fourth-order valence-corrected chi connectivity index (χ4v) is 3.87. The molecule has 2 aromatic carbocycles. The Morgan fingerprint density at radius 3 is 2.62 bits per heavy atom. The van der Waals surface area contributed by atoms with Crippen LogP contribution in [0.1, 0.15) is 28.8 Å². The van der Waals surface area contributed by atoms with E-state index in [1.54, 1.807) is 11.8 Å². The molecular weight excluding hydrogens is 366 g/mol. The largest absolute Gasteiger partial charge is 0.381 e. The number of ether oxygens (including phenoxy) is 1. The van der Waals surface area contributed by atoms with Crippen LogP contribution in [-0.2, 0) is 11.3 Å². The van der Waals surface area contributed by atoms with E-state index in [-0.39, 0.29) is 5.91 Å². The summed E-state index contributed by atoms with van der Waals surface area (Å²) in [5.41, 5.74) is 1.71. The van der Waals surface area contributed by atoms with E-state index < -0.39 is 0 Å². The monoisotopic (exact) mass is 389 g/mol. The van der Waals surface area contributed by atoms with E-state index in [0.29, 0.717) is 23.0 Å². The zero-order chi connectivity index (χ0) is 18.4. The molecular formula is C21H24ClNO2S. The summed E-state index contributed by atoms with van der Waals surface area (Å²) in [7, 11) is 0. The van der Waals surface area contributed by atoms with Crippen molar-refractivity contribution in [2.45, 2.75) is 24.3 Å². The Labute approximate surface area is 164 Å². The smallest absolute Gasteiger partial charge is 0.255 e. The molecule has 1 fully saturated rings. The van der Waals surface area contributed by atoms with Crippen LogP contribution < -0.4 is 0 Å². The van der Waals surface area contributed by atoms with Crippen LogP contribution in [0.5, 0.6) is 0 Å². The molecule has 5 heteroatoms. The molecule has 0 radical (unpaired) electrons. The maximum Gasteiger partial charge on any atom is 0.255 e. The minimum Gasteiger partial charge on any atom is -0.381 e. The predicted octanol–water partition coefficient (Wildman–Crippen LogP) is 5.13. The standard InChI is InChI=1S/C21H24ClNO2S/c1-26-18-7-8-20(22)19(13-18)21(24)23(14-16-5-3-2-4-6-16)15-17-9-11-25-12-10-17/h2-8,13,17H,9-12,14-15H2,1H3. The highest BCUT2D eigenvalue weighted by atomic mass is 35.5. The van der Waals surface area contributed by atoms with Crippen molar-refractivity contribution in [2.24, 2.45) is 5.92 Å². The predicted molar refractivity (Wildman–Crippen MR) is 108 cm³/mol. The van der Waals surface area contributed by atoms with Gasteiger partial charge in [0, 0.05) is 31.2 Å². The lowest BCUT2D eigenvalue weighted by Gasteiger charge is -2.30. The highest BCUT2D eigenvalue weighted by molar-refractivity contribution is 7.98. The van der Waals surface area contributed by atoms with E-state index in [2.05, 4.69) is 12.1 Å². The second kappa shape index (κ2) is 9.45. The van der Waals surface area contributed by atoms with Crippen LogP contribution in [0.2, 0.25) is 5.02 Å². The number of halogens is 1. The van der Waals surface area contributed by atoms with Gasteiger partial charge in [0.2, 0.25) is 0 Å². The molecule has 3 rings (SSSR count). The molecule has 138 valence electrons. The molecule has 0 atom stereocenters. The number of hydrogen-bond acceptors (Lipinski definition) is 3. The average Bonchev–Trinajstić information content (AvgIpc) is 2.69. The Hall–Kier alpha value is -1.49. The van der Waals surface area contributed by atoms with E-state index >= 15 is 0 Å². The zero-order valence-electron chi connectivity index (χ0n) is 15.0. The van der Waals surface area contributed by atoms with Gasteiger partial charge in [-0.25, -0.2) is 0 Å². The maximum absolute atomic E-state index is 13.3. The zero-order valence-corrected chi connectivity index (χ0v) is 16.6. The average molecular weight is 390 g/mol. The summed E-state index contributed by atoms with van der Waals surface area (Å²) in [5.74, 6) is 0.472. The van der Waals surface area contributed by atoms with Gasteiger partial charge in [0.1, 0.15) is 0 Å². The van der Waals surface area contributed by atoms with Gasteiger partial charge in [0.05, 0.1) is 10.6 Å². The Balaban J connectivity index is 1.84. The molecule has 0 aromatic heterocycles. The molecule has 1 aliphatic rings. The van der Waals surface area contributed by atoms with E-state index in [0.717, 1.165) is 43.1 Å². The van der Waals surface area contributed by atoms with Crippen LogP contribution in [0, 0.1) is 5.92 Å². The Morgan fingerprint density at radius 2 is 1.92 bits per heavy atom. The first-order valence-corrected chi connectivity index (χ1v) is 10.5. The quantitative estimate of drug-likeness (QED) is 0.641. The normalized spacial score (nSPS) is 15.0. The first-order chi connectivity index (χ1) is 12.7. The number of benzene rings is 2. The topological polar surface area (TPSA) is 29.5 Å². The molecule has 2 aromatic rings. The molecule has 1 aliphatic heterocycles. The van der Waals surface area contributed by atoms with E-state index in [9.17, 15) is 4.79 Å². The SMILES string of the molecule is CSc1ccc(Cl)c(C(=O)N(Cc2ccccc2)CC2CCOCC2)c1. The first-order valence-electron chi connectivity index (χ1n) is 8.92. The summed E-state index contributed by atoms with van der Waals surface area (Å²) in [5, 5.41) is 0.512. The lowest BCUT2D eigenvalue weighted by Crippen LogP contribution is -2.37. The highest BCUT2D eigenvalue weighted by Gasteiger charge is 2.24.